The molecular formula is C39H46FN9O2. The number of carbonyl (C=O) groups excluding carboxylic acids is 1. The van der Waals surface area contributed by atoms with E-state index in [1.165, 1.54) is 0 Å². The summed E-state index contributed by atoms with van der Waals surface area (Å²) in [5, 5.41) is 23.2. The van der Waals surface area contributed by atoms with Crippen LogP contribution in [0.2, 0.25) is 0 Å². The van der Waals surface area contributed by atoms with Crippen molar-refractivity contribution in [3.8, 4) is 23.3 Å². The van der Waals surface area contributed by atoms with Gasteiger partial charge in [-0.25, -0.2) is 20.0 Å². The van der Waals surface area contributed by atoms with Crippen LogP contribution in [0.4, 0.5) is 26.4 Å². The van der Waals surface area contributed by atoms with E-state index in [1.54, 1.807) is 16.0 Å². The van der Waals surface area contributed by atoms with Gasteiger partial charge in [0.25, 0.3) is 0 Å². The first kappa shape index (κ1) is 35.6. The number of anilines is 3. The number of aryl methyl sites for hydroxylation is 1. The van der Waals surface area contributed by atoms with E-state index in [0.29, 0.717) is 82.7 Å². The number of likely N-dealkylation sites (N-methyl/N-ethyl adjacent to an activating group) is 1. The number of likely N-dealkylation sites (tertiary alicyclic amines) is 1. The van der Waals surface area contributed by atoms with Crippen molar-refractivity contribution in [2.75, 3.05) is 49.4 Å². The van der Waals surface area contributed by atoms with Crippen LogP contribution in [-0.2, 0) is 4.74 Å². The molecule has 0 radical (unpaired) electrons. The van der Waals surface area contributed by atoms with Gasteiger partial charge in [-0.1, -0.05) is 30.3 Å². The maximum Gasteiger partial charge on any atom is 0.410 e. The first-order valence-electron chi connectivity index (χ1n) is 17.3. The maximum atomic E-state index is 17.3. The zero-order valence-electron chi connectivity index (χ0n) is 30.4. The summed E-state index contributed by atoms with van der Waals surface area (Å²) in [6.45, 7) is 11.0. The number of hydrazine groups is 1. The van der Waals surface area contributed by atoms with Crippen LogP contribution < -0.4 is 21.5 Å². The van der Waals surface area contributed by atoms with E-state index in [9.17, 15) is 15.3 Å². The maximum absolute atomic E-state index is 17.3. The molecule has 1 aromatic heterocycles. The Morgan fingerprint density at radius 1 is 1.18 bits per heavy atom. The molecule has 1 unspecified atom stereocenters. The smallest absolute Gasteiger partial charge is 0.410 e. The number of hydrogen-bond donors (Lipinski definition) is 2. The fourth-order valence-electron chi connectivity index (χ4n) is 7.50. The summed E-state index contributed by atoms with van der Waals surface area (Å²) in [7, 11) is 4.05. The first-order valence-corrected chi connectivity index (χ1v) is 17.3. The summed E-state index contributed by atoms with van der Waals surface area (Å²) in [6, 6.07) is 16.7. The van der Waals surface area contributed by atoms with Crippen molar-refractivity contribution in [1.82, 2.24) is 14.8 Å². The number of nitrogen functional groups attached to an aromatic ring is 1. The fraction of sp³-hybridized carbons (Fsp3) is 0.436. The highest BCUT2D eigenvalue weighted by molar-refractivity contribution is 6.07. The number of nitriles is 2. The van der Waals surface area contributed by atoms with Crippen LogP contribution in [0.3, 0.4) is 0 Å². The summed E-state index contributed by atoms with van der Waals surface area (Å²) in [6.07, 6.45) is 0.494. The lowest BCUT2D eigenvalue weighted by molar-refractivity contribution is 0.00860. The van der Waals surface area contributed by atoms with Crippen LogP contribution in [0.15, 0.2) is 42.5 Å². The molecule has 12 heteroatoms. The molecule has 0 spiro atoms. The molecule has 0 bridgehead atoms. The van der Waals surface area contributed by atoms with Crippen molar-refractivity contribution in [3.63, 3.8) is 0 Å². The average molecular weight is 692 g/mol. The van der Waals surface area contributed by atoms with Gasteiger partial charge in [0.15, 0.2) is 11.6 Å². The van der Waals surface area contributed by atoms with Crippen molar-refractivity contribution < 1.29 is 13.9 Å². The number of piperidine rings is 1. The van der Waals surface area contributed by atoms with Crippen LogP contribution in [-0.4, -0.2) is 77.8 Å². The van der Waals surface area contributed by atoms with Crippen molar-refractivity contribution in [3.05, 3.63) is 59.4 Å². The Kier molecular flexibility index (Phi) is 9.21. The number of halogens is 1. The van der Waals surface area contributed by atoms with Crippen LogP contribution in [0.1, 0.15) is 58.1 Å². The largest absolute Gasteiger partial charge is 0.444 e. The number of carbonyl (C=O) groups is 1. The minimum absolute atomic E-state index is 0.102. The van der Waals surface area contributed by atoms with Crippen LogP contribution in [0.25, 0.3) is 32.8 Å². The number of ether oxygens (including phenoxy) is 1. The standard InChI is InChI=1S/C39H46FN9O2/c1-23-18-29-34(32(40)30(23)28-13-9-11-24-10-8-12-25(20-42)31(24)28)45-36(47-21-39(5,22-47)46(6)7)33(43)35(29)49(44)27-15-17-48(26(19-27)14-16-41)37(50)51-38(2,3)4/h8-13,18,26-27H,14-15,17,19,21-22,43-44H2,1-7H3/t26-,27?/m1/s1. The number of hydrogen-bond acceptors (Lipinski definition) is 10. The summed E-state index contributed by atoms with van der Waals surface area (Å²) < 4.78 is 23.0. The third kappa shape index (κ3) is 6.35. The predicted molar refractivity (Wildman–Crippen MR) is 199 cm³/mol. The monoisotopic (exact) mass is 691 g/mol. The van der Waals surface area contributed by atoms with Gasteiger partial charge in [0, 0.05) is 42.0 Å². The third-order valence-electron chi connectivity index (χ3n) is 10.4. The van der Waals surface area contributed by atoms with Gasteiger partial charge in [-0.15, -0.1) is 0 Å². The van der Waals surface area contributed by atoms with Crippen molar-refractivity contribution in [2.45, 2.75) is 77.1 Å². The molecule has 266 valence electrons. The fourth-order valence-corrected chi connectivity index (χ4v) is 7.50. The molecule has 1 amide bonds. The van der Waals surface area contributed by atoms with Crippen LogP contribution >= 0.6 is 0 Å². The number of amides is 1. The van der Waals surface area contributed by atoms with Gasteiger partial charge in [-0.2, -0.15) is 10.5 Å². The molecule has 51 heavy (non-hydrogen) atoms. The molecule has 6 rings (SSSR count). The zero-order valence-corrected chi connectivity index (χ0v) is 30.4. The normalized spacial score (nSPS) is 18.7. The number of aromatic nitrogens is 1. The second-order valence-electron chi connectivity index (χ2n) is 15.3. The number of nitrogens with zero attached hydrogens (tertiary/aromatic N) is 7. The molecule has 4 N–H and O–H groups in total. The van der Waals surface area contributed by atoms with Crippen LogP contribution in [0, 0.1) is 35.4 Å². The quantitative estimate of drug-likeness (QED) is 0.170. The van der Waals surface area contributed by atoms with E-state index in [1.807, 2.05) is 83.1 Å². The van der Waals surface area contributed by atoms with Gasteiger partial charge in [-0.05, 0) is 90.2 Å². The highest BCUT2D eigenvalue weighted by Crippen LogP contribution is 2.46. The lowest BCUT2D eigenvalue weighted by atomic mass is 9.89. The van der Waals surface area contributed by atoms with Crippen molar-refractivity contribution in [1.29, 1.82) is 10.5 Å². The summed E-state index contributed by atoms with van der Waals surface area (Å²) in [5.41, 5.74) is 9.13. The second-order valence-corrected chi connectivity index (χ2v) is 15.3. The number of nitrogens with two attached hydrogens (primary N) is 2. The minimum Gasteiger partial charge on any atom is -0.444 e. The first-order chi connectivity index (χ1) is 24.1. The Balaban J connectivity index is 1.50. The van der Waals surface area contributed by atoms with E-state index < -0.39 is 23.6 Å². The van der Waals surface area contributed by atoms with Gasteiger partial charge in [0.1, 0.15) is 16.8 Å². The van der Waals surface area contributed by atoms with Gasteiger partial charge < -0.3 is 30.2 Å². The summed E-state index contributed by atoms with van der Waals surface area (Å²) >= 11 is 0. The highest BCUT2D eigenvalue weighted by Gasteiger charge is 2.43. The summed E-state index contributed by atoms with van der Waals surface area (Å²) in [5.74, 6) is 6.95. The SMILES string of the molecule is Cc1cc2c(N(N)C3CCN(C(=O)OC(C)(C)C)[C@H](CC#N)C3)c(N)c(N3CC(C)(N(C)C)C3)nc2c(F)c1-c1cccc2cccc(C#N)c12. The predicted octanol–water partition coefficient (Wildman–Crippen LogP) is 6.46. The van der Waals surface area contributed by atoms with E-state index in [4.69, 9.17) is 21.3 Å². The molecule has 2 aliphatic rings. The van der Waals surface area contributed by atoms with Crippen molar-refractivity contribution in [2.24, 2.45) is 5.84 Å². The second kappa shape index (κ2) is 13.2. The molecular weight excluding hydrogens is 645 g/mol. The number of rotatable bonds is 6. The molecule has 0 aliphatic carbocycles. The van der Waals surface area contributed by atoms with E-state index >= 15 is 4.39 Å². The lowest BCUT2D eigenvalue weighted by Crippen LogP contribution is -2.67. The Hall–Kier alpha value is -5.17. The molecule has 0 saturated carbocycles. The third-order valence-corrected chi connectivity index (χ3v) is 10.4. The Bertz CT molecular complexity index is 2100. The molecule has 2 fully saturated rings. The van der Waals surface area contributed by atoms with Gasteiger partial charge in [-0.3, -0.25) is 0 Å². The number of fused-ring (bicyclic) bond motifs is 2. The molecule has 2 aliphatic heterocycles. The Morgan fingerprint density at radius 2 is 1.86 bits per heavy atom. The Morgan fingerprint density at radius 3 is 2.49 bits per heavy atom. The number of benzene rings is 3. The van der Waals surface area contributed by atoms with Gasteiger partial charge in [0.2, 0.25) is 0 Å². The van der Waals surface area contributed by atoms with E-state index in [-0.39, 0.29) is 23.5 Å². The number of pyridine rings is 1. The summed E-state index contributed by atoms with van der Waals surface area (Å²) in [4.78, 5) is 23.9. The van der Waals surface area contributed by atoms with E-state index in [2.05, 4.69) is 24.0 Å². The molecule has 3 aromatic carbocycles. The van der Waals surface area contributed by atoms with E-state index in [0.717, 1.165) is 5.39 Å². The molecule has 11 nitrogen and oxygen atoms in total. The highest BCUT2D eigenvalue weighted by atomic mass is 19.1. The molecule has 2 atom stereocenters. The zero-order chi connectivity index (χ0) is 37.0. The average Bonchev–Trinajstić information content (AvgIpc) is 3.05. The van der Waals surface area contributed by atoms with Gasteiger partial charge >= 0.3 is 6.09 Å². The molecule has 2 saturated heterocycles. The molecule has 3 heterocycles. The van der Waals surface area contributed by atoms with Gasteiger partial charge in [0.05, 0.1) is 41.4 Å². The minimum atomic E-state index is -0.686. The Labute approximate surface area is 298 Å². The van der Waals surface area contributed by atoms with Crippen molar-refractivity contribution >= 4 is 45.0 Å². The lowest BCUT2D eigenvalue weighted by Gasteiger charge is -2.53. The topological polar surface area (TPSA) is 152 Å². The molecule has 4 aromatic rings. The van der Waals surface area contributed by atoms with Crippen LogP contribution in [0.5, 0.6) is 0 Å².